The van der Waals surface area contributed by atoms with Crippen molar-refractivity contribution in [2.75, 3.05) is 11.9 Å². The molecule has 1 amide bonds. The molecule has 23 heavy (non-hydrogen) atoms. The molecule has 8 heteroatoms. The molecule has 0 fully saturated rings. The fraction of sp³-hybridized carbons (Fsp3) is 0.0667. The summed E-state index contributed by atoms with van der Waals surface area (Å²) in [7, 11) is 0. The van der Waals surface area contributed by atoms with Gasteiger partial charge in [-0.05, 0) is 40.8 Å². The van der Waals surface area contributed by atoms with Gasteiger partial charge in [-0.3, -0.25) is 4.79 Å². The predicted molar refractivity (Wildman–Crippen MR) is 79.7 cm³/mol. The fourth-order valence-corrected chi connectivity index (χ4v) is 1.91. The Balaban J connectivity index is 1.61. The molecule has 3 aromatic rings. The van der Waals surface area contributed by atoms with Crippen LogP contribution in [-0.4, -0.2) is 32.7 Å². The van der Waals surface area contributed by atoms with E-state index in [1.165, 1.54) is 29.2 Å². The lowest BCUT2D eigenvalue weighted by atomic mass is 10.3. The molecule has 0 aliphatic heterocycles. The third-order valence-corrected chi connectivity index (χ3v) is 2.91. The number of carbonyl (C=O) groups excluding carboxylic acids is 1. The van der Waals surface area contributed by atoms with E-state index in [2.05, 4.69) is 20.8 Å². The van der Waals surface area contributed by atoms with Gasteiger partial charge in [-0.25, -0.2) is 9.07 Å². The van der Waals surface area contributed by atoms with Gasteiger partial charge in [0.15, 0.2) is 6.61 Å². The van der Waals surface area contributed by atoms with E-state index in [9.17, 15) is 9.18 Å². The third kappa shape index (κ3) is 3.88. The molecule has 0 aliphatic rings. The number of anilines is 1. The molecule has 0 aliphatic carbocycles. The number of amides is 1. The first-order valence-electron chi connectivity index (χ1n) is 6.72. The van der Waals surface area contributed by atoms with Crippen molar-refractivity contribution in [1.29, 1.82) is 0 Å². The smallest absolute Gasteiger partial charge is 0.262 e. The highest BCUT2D eigenvalue weighted by molar-refractivity contribution is 5.92. The van der Waals surface area contributed by atoms with Crippen LogP contribution in [0.15, 0.2) is 54.9 Å². The Bertz CT molecular complexity index is 807. The second kappa shape index (κ2) is 6.65. The number of nitrogens with one attached hydrogen (secondary N) is 1. The number of ether oxygens (including phenoxy) is 1. The van der Waals surface area contributed by atoms with E-state index >= 15 is 0 Å². The number of tetrazole rings is 1. The van der Waals surface area contributed by atoms with Gasteiger partial charge < -0.3 is 10.1 Å². The predicted octanol–water partition coefficient (Wildman–Crippen LogP) is 1.82. The maximum absolute atomic E-state index is 13.0. The molecule has 0 unspecified atom stereocenters. The van der Waals surface area contributed by atoms with Gasteiger partial charge in [0.25, 0.3) is 5.91 Å². The van der Waals surface area contributed by atoms with Gasteiger partial charge in [-0.15, -0.1) is 5.10 Å². The number of carbonyl (C=O) groups is 1. The zero-order chi connectivity index (χ0) is 16.1. The molecular formula is C15H12FN5O2. The molecule has 1 heterocycles. The summed E-state index contributed by atoms with van der Waals surface area (Å²) in [4.78, 5) is 11.9. The van der Waals surface area contributed by atoms with E-state index in [-0.39, 0.29) is 12.5 Å². The van der Waals surface area contributed by atoms with Crippen molar-refractivity contribution in [3.05, 3.63) is 60.7 Å². The largest absolute Gasteiger partial charge is 0.484 e. The number of rotatable bonds is 5. The molecule has 1 aromatic heterocycles. The first-order chi connectivity index (χ1) is 11.2. The second-order valence-electron chi connectivity index (χ2n) is 4.60. The van der Waals surface area contributed by atoms with E-state index in [0.29, 0.717) is 17.1 Å². The van der Waals surface area contributed by atoms with Gasteiger partial charge in [0, 0.05) is 11.8 Å². The molecule has 0 bridgehead atoms. The van der Waals surface area contributed by atoms with Crippen molar-refractivity contribution in [3.63, 3.8) is 0 Å². The summed E-state index contributed by atoms with van der Waals surface area (Å²) in [6, 6.07) is 12.6. The van der Waals surface area contributed by atoms with Crippen molar-refractivity contribution < 1.29 is 13.9 Å². The first kappa shape index (κ1) is 14.6. The molecule has 0 saturated carbocycles. The molecule has 0 saturated heterocycles. The van der Waals surface area contributed by atoms with Crippen LogP contribution in [-0.2, 0) is 4.79 Å². The van der Waals surface area contributed by atoms with E-state index in [4.69, 9.17) is 4.74 Å². The normalized spacial score (nSPS) is 10.3. The third-order valence-electron chi connectivity index (χ3n) is 2.91. The van der Waals surface area contributed by atoms with Crippen LogP contribution in [0.1, 0.15) is 0 Å². The maximum atomic E-state index is 13.0. The topological polar surface area (TPSA) is 81.9 Å². The second-order valence-corrected chi connectivity index (χ2v) is 4.60. The lowest BCUT2D eigenvalue weighted by Gasteiger charge is -2.08. The Morgan fingerprint density at radius 1 is 1.22 bits per heavy atom. The van der Waals surface area contributed by atoms with Crippen molar-refractivity contribution in [3.8, 4) is 11.4 Å². The van der Waals surface area contributed by atoms with Crippen LogP contribution in [0.3, 0.4) is 0 Å². The maximum Gasteiger partial charge on any atom is 0.262 e. The summed E-state index contributed by atoms with van der Waals surface area (Å²) in [5.41, 5.74) is 1.28. The number of hydrogen-bond donors (Lipinski definition) is 1. The van der Waals surface area contributed by atoms with Gasteiger partial charge in [-0.1, -0.05) is 12.1 Å². The Hall–Kier alpha value is -3.29. The van der Waals surface area contributed by atoms with Gasteiger partial charge >= 0.3 is 0 Å². The Morgan fingerprint density at radius 3 is 2.87 bits per heavy atom. The minimum Gasteiger partial charge on any atom is -0.484 e. The van der Waals surface area contributed by atoms with Crippen LogP contribution >= 0.6 is 0 Å². The minimum absolute atomic E-state index is 0.224. The number of nitrogens with zero attached hydrogens (tertiary/aromatic N) is 4. The molecule has 1 N–H and O–H groups in total. The van der Waals surface area contributed by atoms with Gasteiger partial charge in [0.1, 0.15) is 17.9 Å². The highest BCUT2D eigenvalue weighted by Crippen LogP contribution is 2.14. The lowest BCUT2D eigenvalue weighted by Crippen LogP contribution is -2.20. The first-order valence-corrected chi connectivity index (χ1v) is 6.72. The van der Waals surface area contributed by atoms with Crippen molar-refractivity contribution in [2.24, 2.45) is 0 Å². The Morgan fingerprint density at radius 2 is 2.09 bits per heavy atom. The summed E-state index contributed by atoms with van der Waals surface area (Å²) in [6.45, 7) is -0.224. The fourth-order valence-electron chi connectivity index (χ4n) is 1.91. The number of halogens is 1. The van der Waals surface area contributed by atoms with Gasteiger partial charge in [0.05, 0.1) is 5.69 Å². The van der Waals surface area contributed by atoms with Crippen LogP contribution in [0.5, 0.6) is 5.75 Å². The standard InChI is InChI=1S/C15H12FN5O2/c16-11-3-1-6-14(7-11)23-9-15(22)18-12-4-2-5-13(8-12)21-10-17-19-20-21/h1-8,10H,9H2,(H,18,22). The zero-order valence-electron chi connectivity index (χ0n) is 11.9. The van der Waals surface area contributed by atoms with Crippen LogP contribution in [0.4, 0.5) is 10.1 Å². The van der Waals surface area contributed by atoms with Crippen LogP contribution in [0.2, 0.25) is 0 Å². The monoisotopic (exact) mass is 313 g/mol. The van der Waals surface area contributed by atoms with Crippen molar-refractivity contribution in [1.82, 2.24) is 20.2 Å². The Kier molecular flexibility index (Phi) is 4.23. The van der Waals surface area contributed by atoms with Gasteiger partial charge in [0.2, 0.25) is 0 Å². The van der Waals surface area contributed by atoms with E-state index in [0.717, 1.165) is 0 Å². The molecule has 0 spiro atoms. The van der Waals surface area contributed by atoms with E-state index < -0.39 is 5.82 Å². The number of benzene rings is 2. The molecule has 116 valence electrons. The van der Waals surface area contributed by atoms with Crippen LogP contribution in [0, 0.1) is 5.82 Å². The summed E-state index contributed by atoms with van der Waals surface area (Å²) in [5.74, 6) is -0.484. The molecule has 0 radical (unpaired) electrons. The zero-order valence-corrected chi connectivity index (χ0v) is 11.9. The van der Waals surface area contributed by atoms with E-state index in [1.54, 1.807) is 30.3 Å². The molecule has 2 aromatic carbocycles. The SMILES string of the molecule is O=C(COc1cccc(F)c1)Nc1cccc(-n2cnnn2)c1. The van der Waals surface area contributed by atoms with Crippen molar-refractivity contribution >= 4 is 11.6 Å². The quantitative estimate of drug-likeness (QED) is 0.777. The minimum atomic E-state index is -0.419. The molecule has 0 atom stereocenters. The highest BCUT2D eigenvalue weighted by Gasteiger charge is 2.06. The van der Waals surface area contributed by atoms with Crippen LogP contribution in [0.25, 0.3) is 5.69 Å². The van der Waals surface area contributed by atoms with Crippen LogP contribution < -0.4 is 10.1 Å². The average molecular weight is 313 g/mol. The summed E-state index contributed by atoms with van der Waals surface area (Å²) < 4.78 is 19.7. The molecule has 3 rings (SSSR count). The lowest BCUT2D eigenvalue weighted by molar-refractivity contribution is -0.118. The Labute approximate surface area is 130 Å². The highest BCUT2D eigenvalue weighted by atomic mass is 19.1. The molecular weight excluding hydrogens is 301 g/mol. The van der Waals surface area contributed by atoms with E-state index in [1.807, 2.05) is 0 Å². The summed E-state index contributed by atoms with van der Waals surface area (Å²) in [6.07, 6.45) is 1.45. The molecule has 7 nitrogen and oxygen atoms in total. The number of aromatic nitrogens is 4. The summed E-state index contributed by atoms with van der Waals surface area (Å²) >= 11 is 0. The number of hydrogen-bond acceptors (Lipinski definition) is 5. The average Bonchev–Trinajstić information content (AvgIpc) is 3.08. The summed E-state index contributed by atoms with van der Waals surface area (Å²) in [5, 5.41) is 13.6. The van der Waals surface area contributed by atoms with Crippen molar-refractivity contribution in [2.45, 2.75) is 0 Å². The van der Waals surface area contributed by atoms with Gasteiger partial charge in [-0.2, -0.15) is 0 Å².